The number of hydrogen-bond acceptors (Lipinski definition) is 5. The lowest BCUT2D eigenvalue weighted by atomic mass is 10.0. The molecule has 2 aromatic carbocycles. The molecule has 1 amide bonds. The lowest BCUT2D eigenvalue weighted by Crippen LogP contribution is -2.31. The van der Waals surface area contributed by atoms with Crippen LogP contribution in [0, 0.1) is 5.82 Å². The lowest BCUT2D eigenvalue weighted by Gasteiger charge is -2.15. The number of rotatable bonds is 6. The van der Waals surface area contributed by atoms with Crippen LogP contribution in [0.5, 0.6) is 0 Å². The van der Waals surface area contributed by atoms with Crippen LogP contribution in [0.4, 0.5) is 4.39 Å². The summed E-state index contributed by atoms with van der Waals surface area (Å²) in [5, 5.41) is 8.75. The van der Waals surface area contributed by atoms with Crippen molar-refractivity contribution in [3.8, 4) is 16.1 Å². The van der Waals surface area contributed by atoms with Crippen molar-refractivity contribution in [3.63, 3.8) is 0 Å². The number of halogens is 1. The molecule has 0 aliphatic rings. The van der Waals surface area contributed by atoms with Crippen LogP contribution in [0.3, 0.4) is 0 Å². The van der Waals surface area contributed by atoms with Crippen LogP contribution in [0.2, 0.25) is 0 Å². The molecule has 0 bridgehead atoms. The van der Waals surface area contributed by atoms with E-state index in [1.54, 1.807) is 12.1 Å². The van der Waals surface area contributed by atoms with Crippen LogP contribution >= 0.6 is 11.3 Å². The largest absolute Gasteiger partial charge is 0.344 e. The highest BCUT2D eigenvalue weighted by molar-refractivity contribution is 7.14. The molecular formula is C24H18FN3O3S. The number of aromatic nitrogens is 2. The van der Waals surface area contributed by atoms with E-state index in [1.807, 2.05) is 36.6 Å². The van der Waals surface area contributed by atoms with E-state index in [0.717, 1.165) is 27.0 Å². The Morgan fingerprint density at radius 2 is 1.94 bits per heavy atom. The fourth-order valence-corrected chi connectivity index (χ4v) is 4.14. The first-order chi connectivity index (χ1) is 15.5. The van der Waals surface area contributed by atoms with E-state index in [1.165, 1.54) is 41.7 Å². The second-order valence-corrected chi connectivity index (χ2v) is 7.98. The van der Waals surface area contributed by atoms with Gasteiger partial charge in [0.25, 0.3) is 11.5 Å². The summed E-state index contributed by atoms with van der Waals surface area (Å²) < 4.78 is 15.0. The highest BCUT2D eigenvalue weighted by atomic mass is 32.1. The number of carbonyl (C=O) groups excluding carboxylic acids is 2. The second kappa shape index (κ2) is 9.07. The number of nitrogens with one attached hydrogen (secondary N) is 1. The molecule has 1 atom stereocenters. The molecule has 0 radical (unpaired) electrons. The van der Waals surface area contributed by atoms with E-state index in [4.69, 9.17) is 0 Å². The Morgan fingerprint density at radius 1 is 1.12 bits per heavy atom. The molecule has 8 heteroatoms. The van der Waals surface area contributed by atoms with Crippen molar-refractivity contribution in [2.45, 2.75) is 13.0 Å². The van der Waals surface area contributed by atoms with Crippen LogP contribution in [0.1, 0.15) is 39.4 Å². The summed E-state index contributed by atoms with van der Waals surface area (Å²) in [6, 6.07) is 17.1. The topological polar surface area (TPSA) is 81.1 Å². The van der Waals surface area contributed by atoms with Gasteiger partial charge in [0.05, 0.1) is 6.04 Å². The number of aldehydes is 1. The van der Waals surface area contributed by atoms with Gasteiger partial charge < -0.3 is 5.32 Å². The maximum absolute atomic E-state index is 14.1. The monoisotopic (exact) mass is 447 g/mol. The zero-order valence-corrected chi connectivity index (χ0v) is 17.8. The molecule has 1 unspecified atom stereocenters. The summed E-state index contributed by atoms with van der Waals surface area (Å²) in [5.74, 6) is -1.12. The summed E-state index contributed by atoms with van der Waals surface area (Å²) in [6.07, 6.45) is 0.819. The second-order valence-electron chi connectivity index (χ2n) is 7.06. The normalized spacial score (nSPS) is 11.7. The zero-order chi connectivity index (χ0) is 22.7. The predicted octanol–water partition coefficient (Wildman–Crippen LogP) is 4.40. The third kappa shape index (κ3) is 4.26. The number of hydrogen-bond donors (Lipinski definition) is 1. The minimum Gasteiger partial charge on any atom is -0.344 e. The van der Waals surface area contributed by atoms with E-state index >= 15 is 0 Å². The zero-order valence-electron chi connectivity index (χ0n) is 17.0. The molecule has 160 valence electrons. The molecule has 0 aliphatic carbocycles. The highest BCUT2D eigenvalue weighted by Crippen LogP contribution is 2.30. The predicted molar refractivity (Wildman–Crippen MR) is 121 cm³/mol. The SMILES string of the molecule is CC(NC(=O)c1ccc(=O)n(-c2ccccc2F)n1)c1cccc(-c2sccc2C=O)c1. The summed E-state index contributed by atoms with van der Waals surface area (Å²) in [7, 11) is 0. The maximum Gasteiger partial charge on any atom is 0.272 e. The van der Waals surface area contributed by atoms with Gasteiger partial charge in [-0.15, -0.1) is 11.3 Å². The molecule has 0 aliphatic heterocycles. The van der Waals surface area contributed by atoms with E-state index in [9.17, 15) is 18.8 Å². The van der Waals surface area contributed by atoms with Gasteiger partial charge in [0.2, 0.25) is 0 Å². The molecule has 2 heterocycles. The quantitative estimate of drug-likeness (QED) is 0.444. The van der Waals surface area contributed by atoms with Gasteiger partial charge in [-0.3, -0.25) is 14.4 Å². The van der Waals surface area contributed by atoms with Crippen LogP contribution in [-0.4, -0.2) is 22.0 Å². The number of carbonyl (C=O) groups is 2. The molecule has 6 nitrogen and oxygen atoms in total. The van der Waals surface area contributed by atoms with Crippen molar-refractivity contribution >= 4 is 23.5 Å². The minimum absolute atomic E-state index is 0.0163. The van der Waals surface area contributed by atoms with E-state index in [-0.39, 0.29) is 17.4 Å². The minimum atomic E-state index is -0.617. The molecular weight excluding hydrogens is 429 g/mol. The van der Waals surface area contributed by atoms with Crippen molar-refractivity contribution in [1.82, 2.24) is 15.1 Å². The summed E-state index contributed by atoms with van der Waals surface area (Å²) in [5.41, 5.74) is 1.74. The van der Waals surface area contributed by atoms with E-state index < -0.39 is 17.3 Å². The number of para-hydroxylation sites is 1. The highest BCUT2D eigenvalue weighted by Gasteiger charge is 2.16. The van der Waals surface area contributed by atoms with Gasteiger partial charge in [-0.05, 0) is 53.8 Å². The first-order valence-corrected chi connectivity index (χ1v) is 10.6. The fraction of sp³-hybridized carbons (Fsp3) is 0.0833. The molecule has 32 heavy (non-hydrogen) atoms. The number of nitrogens with zero attached hydrogens (tertiary/aromatic N) is 2. The molecule has 4 aromatic rings. The summed E-state index contributed by atoms with van der Waals surface area (Å²) in [4.78, 5) is 37.1. The molecule has 2 aromatic heterocycles. The van der Waals surface area contributed by atoms with Gasteiger partial charge in [0.1, 0.15) is 17.2 Å². The van der Waals surface area contributed by atoms with Gasteiger partial charge in [-0.2, -0.15) is 9.78 Å². The van der Waals surface area contributed by atoms with Crippen LogP contribution in [0.25, 0.3) is 16.1 Å². The first kappa shape index (κ1) is 21.3. The van der Waals surface area contributed by atoms with Gasteiger partial charge in [0, 0.05) is 16.5 Å². The molecule has 0 saturated carbocycles. The maximum atomic E-state index is 14.1. The summed E-state index contributed by atoms with van der Waals surface area (Å²) >= 11 is 1.47. The van der Waals surface area contributed by atoms with E-state index in [0.29, 0.717) is 5.56 Å². The van der Waals surface area contributed by atoms with Crippen molar-refractivity contribution < 1.29 is 14.0 Å². The van der Waals surface area contributed by atoms with Crippen LogP contribution < -0.4 is 10.9 Å². The van der Waals surface area contributed by atoms with Gasteiger partial charge >= 0.3 is 0 Å². The Balaban J connectivity index is 1.58. The van der Waals surface area contributed by atoms with E-state index in [2.05, 4.69) is 10.4 Å². The first-order valence-electron chi connectivity index (χ1n) is 9.77. The number of thiophene rings is 1. The number of amides is 1. The molecule has 0 saturated heterocycles. The standard InChI is InChI=1S/C24H18FN3O3S/c1-15(16-5-4-6-17(13-16)23-18(14-29)11-12-32-23)26-24(31)20-9-10-22(30)28(27-20)21-8-3-2-7-19(21)25/h2-15H,1H3,(H,26,31). The Labute approximate surface area is 187 Å². The molecule has 0 fully saturated rings. The average Bonchev–Trinajstić information content (AvgIpc) is 3.29. The third-order valence-corrected chi connectivity index (χ3v) is 5.91. The molecule has 0 spiro atoms. The Bertz CT molecular complexity index is 1360. The van der Waals surface area contributed by atoms with Crippen molar-refractivity contribution in [2.24, 2.45) is 0 Å². The van der Waals surface area contributed by atoms with Crippen LogP contribution in [-0.2, 0) is 0 Å². The van der Waals surface area contributed by atoms with Crippen molar-refractivity contribution in [1.29, 1.82) is 0 Å². The van der Waals surface area contributed by atoms with Gasteiger partial charge in [0.15, 0.2) is 6.29 Å². The lowest BCUT2D eigenvalue weighted by molar-refractivity contribution is 0.0932. The van der Waals surface area contributed by atoms with Gasteiger partial charge in [-0.25, -0.2) is 4.39 Å². The Morgan fingerprint density at radius 3 is 2.72 bits per heavy atom. The Kier molecular flexibility index (Phi) is 6.04. The molecule has 4 rings (SSSR count). The third-order valence-electron chi connectivity index (χ3n) is 4.93. The van der Waals surface area contributed by atoms with Crippen molar-refractivity contribution in [2.75, 3.05) is 0 Å². The van der Waals surface area contributed by atoms with Gasteiger partial charge in [-0.1, -0.05) is 30.3 Å². The molecule has 1 N–H and O–H groups in total. The van der Waals surface area contributed by atoms with Crippen molar-refractivity contribution in [3.05, 3.63) is 105 Å². The Hall–Kier alpha value is -3.91. The smallest absolute Gasteiger partial charge is 0.272 e. The average molecular weight is 447 g/mol. The summed E-state index contributed by atoms with van der Waals surface area (Å²) in [6.45, 7) is 1.82. The number of benzene rings is 2. The fourth-order valence-electron chi connectivity index (χ4n) is 3.28. The van der Waals surface area contributed by atoms with Crippen LogP contribution in [0.15, 0.2) is 76.9 Å².